The maximum atomic E-state index is 13.5. The second-order valence-corrected chi connectivity index (χ2v) is 4.65. The summed E-state index contributed by atoms with van der Waals surface area (Å²) in [6, 6.07) is 1.79. The van der Waals surface area contributed by atoms with Crippen molar-refractivity contribution in [3.8, 4) is 0 Å². The minimum atomic E-state index is -4.59. The molecule has 1 amide bonds. The molecule has 1 N–H and O–H groups in total. The van der Waals surface area contributed by atoms with Gasteiger partial charge >= 0.3 is 6.18 Å². The van der Waals surface area contributed by atoms with Crippen LogP contribution in [0.4, 0.5) is 17.6 Å². The number of alkyl halides is 3. The van der Waals surface area contributed by atoms with Gasteiger partial charge in [0.1, 0.15) is 5.82 Å². The van der Waals surface area contributed by atoms with Crippen LogP contribution in [-0.4, -0.2) is 11.9 Å². The van der Waals surface area contributed by atoms with Crippen LogP contribution in [0.25, 0.3) is 0 Å². The average molecular weight is 275 g/mol. The van der Waals surface area contributed by atoms with Crippen molar-refractivity contribution in [2.24, 2.45) is 0 Å². The molecule has 104 valence electrons. The Kier molecular flexibility index (Phi) is 3.78. The maximum absolute atomic E-state index is 13.5. The van der Waals surface area contributed by atoms with Crippen LogP contribution in [-0.2, 0) is 6.18 Å². The number of hydrogen-bond acceptors (Lipinski definition) is 1. The molecule has 1 aromatic rings. The minimum absolute atomic E-state index is 0.0681. The second kappa shape index (κ2) is 5.19. The molecule has 1 aliphatic rings. The van der Waals surface area contributed by atoms with Gasteiger partial charge in [-0.15, -0.1) is 0 Å². The van der Waals surface area contributed by atoms with Gasteiger partial charge in [-0.25, -0.2) is 4.39 Å². The van der Waals surface area contributed by atoms with E-state index in [-0.39, 0.29) is 6.04 Å². The molecular weight excluding hydrogens is 262 g/mol. The SMILES string of the molecule is O=C(NC1CCCC1)c1cc(C(F)(F)F)ccc1F. The average Bonchev–Trinajstić information content (AvgIpc) is 2.80. The molecule has 1 saturated carbocycles. The Hall–Kier alpha value is -1.59. The van der Waals surface area contributed by atoms with Gasteiger partial charge < -0.3 is 5.32 Å². The molecule has 0 saturated heterocycles. The lowest BCUT2D eigenvalue weighted by atomic mass is 10.1. The summed E-state index contributed by atoms with van der Waals surface area (Å²) in [5.41, 5.74) is -1.58. The third-order valence-corrected chi connectivity index (χ3v) is 3.23. The highest BCUT2D eigenvalue weighted by Gasteiger charge is 2.32. The minimum Gasteiger partial charge on any atom is -0.349 e. The van der Waals surface area contributed by atoms with Crippen molar-refractivity contribution in [1.29, 1.82) is 0 Å². The monoisotopic (exact) mass is 275 g/mol. The molecule has 0 spiro atoms. The van der Waals surface area contributed by atoms with Crippen molar-refractivity contribution in [1.82, 2.24) is 5.32 Å². The van der Waals surface area contributed by atoms with E-state index < -0.39 is 29.0 Å². The standard InChI is InChI=1S/C13H13F4NO/c14-11-6-5-8(13(15,16)17)7-10(11)12(19)18-9-3-1-2-4-9/h5-7,9H,1-4H2,(H,18,19). The Bertz CT molecular complexity index is 478. The van der Waals surface area contributed by atoms with E-state index in [2.05, 4.69) is 5.32 Å². The number of halogens is 4. The van der Waals surface area contributed by atoms with Gasteiger partial charge in [0.05, 0.1) is 11.1 Å². The van der Waals surface area contributed by atoms with E-state index in [1.165, 1.54) is 0 Å². The summed E-state index contributed by atoms with van der Waals surface area (Å²) in [7, 11) is 0. The zero-order valence-electron chi connectivity index (χ0n) is 10.1. The van der Waals surface area contributed by atoms with Crippen LogP contribution in [0.5, 0.6) is 0 Å². The quantitative estimate of drug-likeness (QED) is 0.822. The number of nitrogens with one attached hydrogen (secondary N) is 1. The Labute approximate surface area is 107 Å². The van der Waals surface area contributed by atoms with Crippen molar-refractivity contribution in [2.45, 2.75) is 37.9 Å². The largest absolute Gasteiger partial charge is 0.416 e. The molecule has 0 radical (unpaired) electrons. The Morgan fingerprint density at radius 3 is 2.42 bits per heavy atom. The van der Waals surface area contributed by atoms with E-state index in [9.17, 15) is 22.4 Å². The van der Waals surface area contributed by atoms with Crippen molar-refractivity contribution >= 4 is 5.91 Å². The number of carbonyl (C=O) groups is 1. The van der Waals surface area contributed by atoms with Gasteiger partial charge in [-0.05, 0) is 31.0 Å². The predicted molar refractivity (Wildman–Crippen MR) is 61.1 cm³/mol. The van der Waals surface area contributed by atoms with Gasteiger partial charge in [0.15, 0.2) is 0 Å². The molecule has 1 aromatic carbocycles. The molecule has 0 unspecified atom stereocenters. The van der Waals surface area contributed by atoms with E-state index in [1.807, 2.05) is 0 Å². The van der Waals surface area contributed by atoms with Crippen LogP contribution in [0.1, 0.15) is 41.6 Å². The topological polar surface area (TPSA) is 29.1 Å². The molecule has 2 rings (SSSR count). The number of carbonyl (C=O) groups excluding carboxylic acids is 1. The lowest BCUT2D eigenvalue weighted by Crippen LogP contribution is -2.33. The number of benzene rings is 1. The van der Waals surface area contributed by atoms with Gasteiger partial charge in [-0.2, -0.15) is 13.2 Å². The van der Waals surface area contributed by atoms with Crippen molar-refractivity contribution in [2.75, 3.05) is 0 Å². The Morgan fingerprint density at radius 1 is 1.21 bits per heavy atom. The van der Waals surface area contributed by atoms with Crippen LogP contribution in [0.2, 0.25) is 0 Å². The molecule has 0 aromatic heterocycles. The third-order valence-electron chi connectivity index (χ3n) is 3.23. The first-order chi connectivity index (χ1) is 8.88. The summed E-state index contributed by atoms with van der Waals surface area (Å²) in [6.07, 6.45) is -1.08. The molecule has 19 heavy (non-hydrogen) atoms. The highest BCUT2D eigenvalue weighted by atomic mass is 19.4. The second-order valence-electron chi connectivity index (χ2n) is 4.65. The fourth-order valence-corrected chi connectivity index (χ4v) is 2.21. The lowest BCUT2D eigenvalue weighted by Gasteiger charge is -2.13. The third kappa shape index (κ3) is 3.24. The van der Waals surface area contributed by atoms with Gasteiger partial charge in [0.2, 0.25) is 0 Å². The lowest BCUT2D eigenvalue weighted by molar-refractivity contribution is -0.137. The number of amides is 1. The summed E-state index contributed by atoms with van der Waals surface area (Å²) in [5.74, 6) is -1.72. The number of hydrogen-bond donors (Lipinski definition) is 1. The molecule has 1 aliphatic carbocycles. The van der Waals surface area contributed by atoms with Crippen LogP contribution in [0.15, 0.2) is 18.2 Å². The van der Waals surface area contributed by atoms with Crippen LogP contribution >= 0.6 is 0 Å². The fraction of sp³-hybridized carbons (Fsp3) is 0.462. The van der Waals surface area contributed by atoms with Gasteiger partial charge in [-0.3, -0.25) is 4.79 Å². The molecular formula is C13H13F4NO. The summed E-state index contributed by atoms with van der Waals surface area (Å²) in [4.78, 5) is 11.8. The fourth-order valence-electron chi connectivity index (χ4n) is 2.21. The van der Waals surface area contributed by atoms with Crippen LogP contribution in [0, 0.1) is 5.82 Å². The molecule has 0 aliphatic heterocycles. The van der Waals surface area contributed by atoms with E-state index in [4.69, 9.17) is 0 Å². The van der Waals surface area contributed by atoms with Crippen molar-refractivity contribution in [3.05, 3.63) is 35.1 Å². The summed E-state index contributed by atoms with van der Waals surface area (Å²) in [5, 5.41) is 2.57. The summed E-state index contributed by atoms with van der Waals surface area (Å²) >= 11 is 0. The number of rotatable bonds is 2. The molecule has 6 heteroatoms. The van der Waals surface area contributed by atoms with Crippen LogP contribution in [0.3, 0.4) is 0 Å². The predicted octanol–water partition coefficient (Wildman–Crippen LogP) is 3.52. The highest BCUT2D eigenvalue weighted by molar-refractivity contribution is 5.94. The van der Waals surface area contributed by atoms with Gasteiger partial charge in [0.25, 0.3) is 5.91 Å². The van der Waals surface area contributed by atoms with Gasteiger partial charge in [0, 0.05) is 6.04 Å². The normalized spacial score (nSPS) is 16.6. The molecule has 1 fully saturated rings. The van der Waals surface area contributed by atoms with Crippen molar-refractivity contribution < 1.29 is 22.4 Å². The summed E-state index contributed by atoms with van der Waals surface area (Å²) in [6.45, 7) is 0. The summed E-state index contributed by atoms with van der Waals surface area (Å²) < 4.78 is 51.0. The smallest absolute Gasteiger partial charge is 0.349 e. The molecule has 0 heterocycles. The van der Waals surface area contributed by atoms with Crippen LogP contribution < -0.4 is 5.32 Å². The highest BCUT2D eigenvalue weighted by Crippen LogP contribution is 2.30. The van der Waals surface area contributed by atoms with Gasteiger partial charge in [-0.1, -0.05) is 12.8 Å². The zero-order chi connectivity index (χ0) is 14.0. The Morgan fingerprint density at radius 2 is 1.84 bits per heavy atom. The van der Waals surface area contributed by atoms with Crippen molar-refractivity contribution in [3.63, 3.8) is 0 Å². The maximum Gasteiger partial charge on any atom is 0.416 e. The first kappa shape index (κ1) is 13.8. The first-order valence-corrected chi connectivity index (χ1v) is 6.05. The molecule has 0 atom stereocenters. The zero-order valence-corrected chi connectivity index (χ0v) is 10.1. The molecule has 2 nitrogen and oxygen atoms in total. The van der Waals surface area contributed by atoms with E-state index in [1.54, 1.807) is 0 Å². The molecule has 0 bridgehead atoms. The van der Waals surface area contributed by atoms with E-state index >= 15 is 0 Å². The van der Waals surface area contributed by atoms with E-state index in [0.717, 1.165) is 25.7 Å². The first-order valence-electron chi connectivity index (χ1n) is 6.05. The Balaban J connectivity index is 2.20. The van der Waals surface area contributed by atoms with E-state index in [0.29, 0.717) is 18.2 Å².